The molecule has 0 amide bonds. The van der Waals surface area contributed by atoms with Crippen molar-refractivity contribution in [3.05, 3.63) is 0 Å². The topological polar surface area (TPSA) is 68.3 Å². The van der Waals surface area contributed by atoms with E-state index in [-0.39, 0.29) is 0 Å². The first-order valence-corrected chi connectivity index (χ1v) is 5.70. The fourth-order valence-corrected chi connectivity index (χ4v) is 0. The van der Waals surface area contributed by atoms with Crippen molar-refractivity contribution in [3.63, 3.8) is 0 Å². The van der Waals surface area contributed by atoms with Gasteiger partial charge >= 0.3 is 36.7 Å². The molecular formula is ClO4Ti. The van der Waals surface area contributed by atoms with Crippen LogP contribution in [-0.2, 0) is 27.4 Å². The molecule has 0 aliphatic carbocycles. The Balaban J connectivity index is 6.26. The molecule has 0 spiro atoms. The summed E-state index contributed by atoms with van der Waals surface area (Å²) in [6.07, 6.45) is 0. The molecule has 0 aliphatic heterocycles. The van der Waals surface area contributed by atoms with Crippen molar-refractivity contribution in [2.24, 2.45) is 0 Å². The van der Waals surface area contributed by atoms with Crippen LogP contribution in [0.15, 0.2) is 0 Å². The summed E-state index contributed by atoms with van der Waals surface area (Å²) >= 11 is -7.13. The van der Waals surface area contributed by atoms with Gasteiger partial charge in [-0.05, 0) is 0 Å². The summed E-state index contributed by atoms with van der Waals surface area (Å²) < 4.78 is 35.9. The molecular weight excluding hydrogens is 147 g/mol. The molecule has 0 N–H and O–H groups in total. The van der Waals surface area contributed by atoms with Gasteiger partial charge in [0.05, 0.1) is 0 Å². The predicted octanol–water partition coefficient (Wildman–Crippen LogP) is 0.212. The van der Waals surface area contributed by atoms with Crippen LogP contribution in [-0.4, -0.2) is 0 Å². The molecule has 0 aliphatic rings. The molecule has 0 atom stereocenters. The Morgan fingerprint density at radius 3 is 1.00 bits per heavy atom. The number of rotatable bonds is 0. The first-order valence-electron chi connectivity index (χ1n) is 1.01. The standard InChI is InChI=1S/ClH.4O.Ti/h1H;;;;;/q;;;;;+1/p-1. The SMILES string of the molecule is [O]=[Ti](=[O])(=[O])(=[O])[Cl]. The molecule has 4 nitrogen and oxygen atoms in total. The van der Waals surface area contributed by atoms with Gasteiger partial charge in [0.1, 0.15) is 0 Å². The molecule has 6 heteroatoms. The first kappa shape index (κ1) is 6.20. The molecule has 0 bridgehead atoms. The molecule has 0 fully saturated rings. The van der Waals surface area contributed by atoms with Crippen molar-refractivity contribution in [1.29, 1.82) is 0 Å². The normalized spacial score (nSPS) is 10.2. The maximum atomic E-state index is 8.97. The van der Waals surface area contributed by atoms with Gasteiger partial charge in [0.15, 0.2) is 0 Å². The molecule has 0 radical (unpaired) electrons. The molecule has 0 aromatic rings. The van der Waals surface area contributed by atoms with Crippen molar-refractivity contribution in [1.82, 2.24) is 0 Å². The Labute approximate surface area is 37.1 Å². The zero-order chi connectivity index (χ0) is 5.45. The van der Waals surface area contributed by atoms with Crippen LogP contribution in [0.4, 0.5) is 0 Å². The third kappa shape index (κ3) is 1030. The van der Waals surface area contributed by atoms with E-state index in [0.29, 0.717) is 0 Å². The summed E-state index contributed by atoms with van der Waals surface area (Å²) in [5, 5.41) is 0. The zero-order valence-electron chi connectivity index (χ0n) is 2.51. The molecule has 0 saturated carbocycles. The third-order valence-corrected chi connectivity index (χ3v) is 0. The van der Waals surface area contributed by atoms with Crippen LogP contribution in [0.2, 0.25) is 0 Å². The van der Waals surface area contributed by atoms with Gasteiger partial charge in [0.2, 0.25) is 0 Å². The van der Waals surface area contributed by atoms with E-state index in [1.54, 1.807) is 0 Å². The fraction of sp³-hybridized carbons (Fsp3) is 0. The minimum absolute atomic E-state index is 3.75. The van der Waals surface area contributed by atoms with Crippen molar-refractivity contribution < 1.29 is 27.4 Å². The van der Waals surface area contributed by atoms with Crippen molar-refractivity contribution in [2.45, 2.75) is 0 Å². The summed E-state index contributed by atoms with van der Waals surface area (Å²) in [7, 11) is 3.75. The summed E-state index contributed by atoms with van der Waals surface area (Å²) in [5.74, 6) is 0. The van der Waals surface area contributed by atoms with Crippen LogP contribution in [0, 0.1) is 0 Å². The van der Waals surface area contributed by atoms with Crippen LogP contribution < -0.4 is 0 Å². The van der Waals surface area contributed by atoms with Crippen LogP contribution in [0.5, 0.6) is 0 Å². The maximum absolute atomic E-state index is 8.97. The van der Waals surface area contributed by atoms with Crippen LogP contribution >= 0.6 is 9.30 Å². The van der Waals surface area contributed by atoms with E-state index >= 15 is 0 Å². The molecule has 0 heterocycles. The Bertz CT molecular complexity index is 238. The average molecular weight is 147 g/mol. The summed E-state index contributed by atoms with van der Waals surface area (Å²) in [6.45, 7) is 0. The molecule has 0 saturated heterocycles. The Morgan fingerprint density at radius 2 is 1.00 bits per heavy atom. The Hall–Kier alpha value is 0.204. The van der Waals surface area contributed by atoms with Crippen molar-refractivity contribution in [3.8, 4) is 0 Å². The van der Waals surface area contributed by atoms with Gasteiger partial charge in [-0.25, -0.2) is 0 Å². The minimum atomic E-state index is -7.13. The van der Waals surface area contributed by atoms with E-state index in [4.69, 9.17) is 13.3 Å². The average Bonchev–Trinajstić information content (AvgIpc) is 0.650. The fourth-order valence-electron chi connectivity index (χ4n) is 0. The van der Waals surface area contributed by atoms with E-state index in [0.717, 1.165) is 0 Å². The van der Waals surface area contributed by atoms with Gasteiger partial charge in [-0.2, -0.15) is 0 Å². The van der Waals surface area contributed by atoms with Crippen LogP contribution in [0.25, 0.3) is 0 Å². The Kier molecular flexibility index (Phi) is 0.914. The zero-order valence-corrected chi connectivity index (χ0v) is 4.83. The second kappa shape index (κ2) is 0.883. The first-order chi connectivity index (χ1) is 2.24. The van der Waals surface area contributed by atoms with E-state index in [1.165, 1.54) is 0 Å². The molecule has 0 rings (SSSR count). The van der Waals surface area contributed by atoms with E-state index in [1.807, 2.05) is 0 Å². The van der Waals surface area contributed by atoms with Crippen LogP contribution in [0.1, 0.15) is 0 Å². The van der Waals surface area contributed by atoms with Gasteiger partial charge in [-0.3, -0.25) is 0 Å². The van der Waals surface area contributed by atoms with Crippen LogP contribution in [0.3, 0.4) is 0 Å². The molecule has 0 aromatic heterocycles. The van der Waals surface area contributed by atoms with Gasteiger partial charge in [0, 0.05) is 0 Å². The molecule has 35 valence electrons. The second-order valence-corrected chi connectivity index (χ2v) is 5.88. The van der Waals surface area contributed by atoms with Crippen molar-refractivity contribution in [2.75, 3.05) is 0 Å². The van der Waals surface area contributed by atoms with E-state index < -0.39 is 14.1 Å². The van der Waals surface area contributed by atoms with Gasteiger partial charge in [0.25, 0.3) is 0 Å². The van der Waals surface area contributed by atoms with Crippen molar-refractivity contribution >= 4 is 9.30 Å². The third-order valence-electron chi connectivity index (χ3n) is 0. The van der Waals surface area contributed by atoms with Gasteiger partial charge in [-0.15, -0.1) is 0 Å². The van der Waals surface area contributed by atoms with E-state index in [9.17, 15) is 0 Å². The van der Waals surface area contributed by atoms with Gasteiger partial charge < -0.3 is 0 Å². The molecule has 0 aromatic carbocycles. The summed E-state index contributed by atoms with van der Waals surface area (Å²) in [4.78, 5) is 0. The van der Waals surface area contributed by atoms with Gasteiger partial charge in [-0.1, -0.05) is 0 Å². The van der Waals surface area contributed by atoms with E-state index in [2.05, 4.69) is 9.30 Å². The monoisotopic (exact) mass is 147 g/mol. The quantitative estimate of drug-likeness (QED) is 0.459. The summed E-state index contributed by atoms with van der Waals surface area (Å²) in [6, 6.07) is 0. The predicted molar refractivity (Wildman–Crippen MR) is 8.60 cm³/mol. The second-order valence-electron chi connectivity index (χ2n) is 0.809. The molecule has 6 heavy (non-hydrogen) atoms. The number of hydrogen-bond donors (Lipinski definition) is 0. The molecule has 0 unspecified atom stereocenters. The summed E-state index contributed by atoms with van der Waals surface area (Å²) in [5.41, 5.74) is 0. The Morgan fingerprint density at radius 1 is 1.00 bits per heavy atom. The number of halogens is 1. The number of hydrogen-bond acceptors (Lipinski definition) is 4.